The van der Waals surface area contributed by atoms with E-state index >= 15 is 0 Å². The molecule has 2 aromatic carbocycles. The summed E-state index contributed by atoms with van der Waals surface area (Å²) in [5.41, 5.74) is 2.17. The average molecular weight is 417 g/mol. The Morgan fingerprint density at radius 1 is 1.20 bits per heavy atom. The van der Waals surface area contributed by atoms with Gasteiger partial charge in [-0.3, -0.25) is 0 Å². The Hall–Kier alpha value is -2.12. The predicted octanol–water partition coefficient (Wildman–Crippen LogP) is 4.53. The molecule has 0 saturated carbocycles. The lowest BCUT2D eigenvalue weighted by Crippen LogP contribution is -1.96. The predicted molar refractivity (Wildman–Crippen MR) is 104 cm³/mol. The van der Waals surface area contributed by atoms with Gasteiger partial charge in [-0.1, -0.05) is 52.0 Å². The number of benzene rings is 2. The van der Waals surface area contributed by atoms with Crippen LogP contribution >= 0.6 is 27.7 Å². The van der Waals surface area contributed by atoms with Crippen LogP contribution in [0, 0.1) is 6.92 Å². The second-order valence-corrected chi connectivity index (χ2v) is 7.14. The van der Waals surface area contributed by atoms with E-state index in [1.165, 1.54) is 5.56 Å². The molecule has 128 valence electrons. The monoisotopic (exact) mass is 416 g/mol. The van der Waals surface area contributed by atoms with Crippen LogP contribution in [0.15, 0.2) is 63.3 Å². The molecule has 7 heteroatoms. The van der Waals surface area contributed by atoms with E-state index in [9.17, 15) is 0 Å². The van der Waals surface area contributed by atoms with Gasteiger partial charge in [0.25, 0.3) is 0 Å². The van der Waals surface area contributed by atoms with Crippen LogP contribution in [-0.4, -0.2) is 28.2 Å². The summed E-state index contributed by atoms with van der Waals surface area (Å²) in [5.74, 6) is 2.35. The van der Waals surface area contributed by atoms with Crippen molar-refractivity contribution in [3.8, 4) is 5.75 Å². The van der Waals surface area contributed by atoms with Gasteiger partial charge in [-0.25, -0.2) is 0 Å². The molecular formula is C18H17BrN4OS. The second-order valence-electron chi connectivity index (χ2n) is 5.28. The number of thioether (sulfide) groups is 1. The first-order valence-electron chi connectivity index (χ1n) is 7.63. The molecule has 25 heavy (non-hydrogen) atoms. The standard InChI is InChI=1S/C18H17BrN4OS/c1-13-21-22-18(25-12-14-6-8-16(19)9-7-14)23(13)20-11-15-4-3-5-17(10-15)24-2/h3-11H,12H2,1-2H3/b20-11+. The summed E-state index contributed by atoms with van der Waals surface area (Å²) < 4.78 is 8.06. The highest BCUT2D eigenvalue weighted by Crippen LogP contribution is 2.23. The van der Waals surface area contributed by atoms with E-state index in [1.54, 1.807) is 29.8 Å². The second kappa shape index (κ2) is 8.31. The lowest BCUT2D eigenvalue weighted by molar-refractivity contribution is 0.414. The molecule has 0 amide bonds. The highest BCUT2D eigenvalue weighted by Gasteiger charge is 2.08. The smallest absolute Gasteiger partial charge is 0.212 e. The molecule has 0 unspecified atom stereocenters. The van der Waals surface area contributed by atoms with Gasteiger partial charge < -0.3 is 4.74 Å². The lowest BCUT2D eigenvalue weighted by Gasteiger charge is -2.03. The summed E-state index contributed by atoms with van der Waals surface area (Å²) in [5, 5.41) is 13.6. The van der Waals surface area contributed by atoms with E-state index in [0.29, 0.717) is 0 Å². The first-order valence-corrected chi connectivity index (χ1v) is 9.41. The maximum absolute atomic E-state index is 5.23. The van der Waals surface area contributed by atoms with E-state index in [0.717, 1.165) is 32.5 Å². The number of hydrogen-bond acceptors (Lipinski definition) is 5. The van der Waals surface area contributed by atoms with Crippen molar-refractivity contribution in [2.24, 2.45) is 5.10 Å². The molecule has 5 nitrogen and oxygen atoms in total. The Balaban J connectivity index is 1.74. The molecule has 3 aromatic rings. The van der Waals surface area contributed by atoms with E-state index in [4.69, 9.17) is 4.74 Å². The number of methoxy groups -OCH3 is 1. The van der Waals surface area contributed by atoms with Gasteiger partial charge >= 0.3 is 0 Å². The minimum absolute atomic E-state index is 0.748. The molecule has 0 atom stereocenters. The van der Waals surface area contributed by atoms with Gasteiger partial charge in [0.1, 0.15) is 5.75 Å². The maximum Gasteiger partial charge on any atom is 0.212 e. The fourth-order valence-corrected chi connectivity index (χ4v) is 3.29. The minimum Gasteiger partial charge on any atom is -0.497 e. The van der Waals surface area contributed by atoms with Crippen molar-refractivity contribution in [1.29, 1.82) is 0 Å². The number of aryl methyl sites for hydroxylation is 1. The summed E-state index contributed by atoms with van der Waals surface area (Å²) in [4.78, 5) is 0. The van der Waals surface area contributed by atoms with Crippen molar-refractivity contribution >= 4 is 33.9 Å². The van der Waals surface area contributed by atoms with Crippen molar-refractivity contribution < 1.29 is 4.74 Å². The Bertz CT molecular complexity index is 877. The van der Waals surface area contributed by atoms with Crippen LogP contribution in [0.2, 0.25) is 0 Å². The summed E-state index contributed by atoms with van der Waals surface area (Å²) >= 11 is 5.05. The quantitative estimate of drug-likeness (QED) is 0.437. The van der Waals surface area contributed by atoms with Crippen LogP contribution in [0.4, 0.5) is 0 Å². The molecule has 0 N–H and O–H groups in total. The van der Waals surface area contributed by atoms with E-state index in [2.05, 4.69) is 43.4 Å². The lowest BCUT2D eigenvalue weighted by atomic mass is 10.2. The first-order chi connectivity index (χ1) is 12.2. The molecule has 0 aliphatic rings. The van der Waals surface area contributed by atoms with Gasteiger partial charge in [-0.2, -0.15) is 9.78 Å². The van der Waals surface area contributed by atoms with Gasteiger partial charge in [0.15, 0.2) is 5.82 Å². The molecule has 0 aliphatic carbocycles. The zero-order valence-electron chi connectivity index (χ0n) is 13.9. The molecular weight excluding hydrogens is 400 g/mol. The number of halogens is 1. The molecule has 0 aliphatic heterocycles. The maximum atomic E-state index is 5.23. The topological polar surface area (TPSA) is 52.3 Å². The van der Waals surface area contributed by atoms with Crippen molar-refractivity contribution in [2.45, 2.75) is 17.8 Å². The fourth-order valence-electron chi connectivity index (χ4n) is 2.14. The van der Waals surface area contributed by atoms with Crippen LogP contribution in [0.25, 0.3) is 0 Å². The zero-order valence-corrected chi connectivity index (χ0v) is 16.3. The van der Waals surface area contributed by atoms with Crippen molar-refractivity contribution in [3.63, 3.8) is 0 Å². The van der Waals surface area contributed by atoms with Gasteiger partial charge in [-0.05, 0) is 42.3 Å². The molecule has 0 spiro atoms. The number of hydrogen-bond donors (Lipinski definition) is 0. The Morgan fingerprint density at radius 3 is 2.76 bits per heavy atom. The number of aromatic nitrogens is 3. The summed E-state index contributed by atoms with van der Waals surface area (Å²) in [6, 6.07) is 16.0. The highest BCUT2D eigenvalue weighted by atomic mass is 79.9. The third-order valence-corrected chi connectivity index (χ3v) is 4.98. The fraction of sp³-hybridized carbons (Fsp3) is 0.167. The number of nitrogens with zero attached hydrogens (tertiary/aromatic N) is 4. The van der Waals surface area contributed by atoms with E-state index in [1.807, 2.05) is 43.3 Å². The van der Waals surface area contributed by atoms with Gasteiger partial charge in [0, 0.05) is 10.2 Å². The van der Waals surface area contributed by atoms with E-state index < -0.39 is 0 Å². The Morgan fingerprint density at radius 2 is 2.00 bits per heavy atom. The number of rotatable bonds is 6. The number of ether oxygens (including phenoxy) is 1. The summed E-state index contributed by atoms with van der Waals surface area (Å²) in [6.45, 7) is 1.89. The Kier molecular flexibility index (Phi) is 5.88. The zero-order chi connectivity index (χ0) is 17.6. The average Bonchev–Trinajstić information content (AvgIpc) is 2.99. The minimum atomic E-state index is 0.748. The van der Waals surface area contributed by atoms with Crippen molar-refractivity contribution in [3.05, 3.63) is 70.0 Å². The molecule has 1 aromatic heterocycles. The first kappa shape index (κ1) is 17.7. The van der Waals surface area contributed by atoms with Gasteiger partial charge in [0.2, 0.25) is 5.16 Å². The molecule has 0 fully saturated rings. The van der Waals surface area contributed by atoms with Crippen molar-refractivity contribution in [1.82, 2.24) is 14.9 Å². The largest absolute Gasteiger partial charge is 0.497 e. The van der Waals surface area contributed by atoms with Crippen LogP contribution in [0.5, 0.6) is 5.75 Å². The van der Waals surface area contributed by atoms with Crippen LogP contribution < -0.4 is 4.74 Å². The Labute approximate surface area is 159 Å². The van der Waals surface area contributed by atoms with Crippen molar-refractivity contribution in [2.75, 3.05) is 7.11 Å². The van der Waals surface area contributed by atoms with Crippen LogP contribution in [0.1, 0.15) is 17.0 Å². The van der Waals surface area contributed by atoms with Gasteiger partial charge in [0.05, 0.1) is 13.3 Å². The highest BCUT2D eigenvalue weighted by molar-refractivity contribution is 9.10. The molecule has 0 radical (unpaired) electrons. The molecule has 0 saturated heterocycles. The summed E-state index contributed by atoms with van der Waals surface area (Å²) in [6.07, 6.45) is 1.78. The summed E-state index contributed by atoms with van der Waals surface area (Å²) in [7, 11) is 1.65. The van der Waals surface area contributed by atoms with E-state index in [-0.39, 0.29) is 0 Å². The molecule has 0 bridgehead atoms. The third-order valence-electron chi connectivity index (χ3n) is 3.47. The van der Waals surface area contributed by atoms with Crippen LogP contribution in [0.3, 0.4) is 0 Å². The molecule has 1 heterocycles. The van der Waals surface area contributed by atoms with Gasteiger partial charge in [-0.15, -0.1) is 10.2 Å². The normalized spacial score (nSPS) is 11.2. The van der Waals surface area contributed by atoms with Crippen LogP contribution in [-0.2, 0) is 5.75 Å². The SMILES string of the molecule is COc1cccc(/C=N/n2c(C)nnc2SCc2ccc(Br)cc2)c1. The third kappa shape index (κ3) is 4.70. The molecule has 3 rings (SSSR count).